The number of nitrogens with zero attached hydrogens (tertiary/aromatic N) is 2. The third-order valence-corrected chi connectivity index (χ3v) is 5.25. The Morgan fingerprint density at radius 1 is 1.00 bits per heavy atom. The summed E-state index contributed by atoms with van der Waals surface area (Å²) in [6, 6.07) is 15.6. The molecule has 2 N–H and O–H groups in total. The molecular weight excluding hydrogens is 380 g/mol. The van der Waals surface area contributed by atoms with Gasteiger partial charge < -0.3 is 20.3 Å². The fourth-order valence-corrected chi connectivity index (χ4v) is 3.44. The Hall–Kier alpha value is -2.90. The Kier molecular flexibility index (Phi) is 7.43. The van der Waals surface area contributed by atoms with Gasteiger partial charge in [-0.3, -0.25) is 14.5 Å². The van der Waals surface area contributed by atoms with E-state index in [1.165, 1.54) is 0 Å². The average molecular weight is 411 g/mol. The molecule has 0 saturated carbocycles. The van der Waals surface area contributed by atoms with Crippen molar-refractivity contribution in [2.75, 3.05) is 57.2 Å². The normalized spacial score (nSPS) is 15.3. The van der Waals surface area contributed by atoms with Gasteiger partial charge in [-0.25, -0.2) is 0 Å². The molecule has 2 amide bonds. The molecule has 0 radical (unpaired) electrons. The van der Waals surface area contributed by atoms with Crippen LogP contribution in [0.4, 0.5) is 11.4 Å². The van der Waals surface area contributed by atoms with Crippen molar-refractivity contribution in [3.05, 3.63) is 59.7 Å². The van der Waals surface area contributed by atoms with E-state index in [4.69, 9.17) is 4.74 Å². The SMILES string of the molecule is Cc1ccc(NC(=O)C(=O)NC[C@H](c2ccc(N(C)C)cc2)N2CCOCC2)cc1. The van der Waals surface area contributed by atoms with Crippen LogP contribution in [0.15, 0.2) is 48.5 Å². The number of aryl methyl sites for hydroxylation is 1. The molecule has 1 saturated heterocycles. The first-order valence-electron chi connectivity index (χ1n) is 10.2. The summed E-state index contributed by atoms with van der Waals surface area (Å²) in [4.78, 5) is 29.0. The monoisotopic (exact) mass is 410 g/mol. The molecule has 7 nitrogen and oxygen atoms in total. The standard InChI is InChI=1S/C23H30N4O3/c1-17-4-8-19(9-5-17)25-23(29)22(28)24-16-21(27-12-14-30-15-13-27)18-6-10-20(11-7-18)26(2)3/h4-11,21H,12-16H2,1-3H3,(H,24,28)(H,25,29)/t21-/m1/s1. The molecule has 0 aliphatic carbocycles. The van der Waals surface area contributed by atoms with Crippen molar-refractivity contribution in [2.45, 2.75) is 13.0 Å². The van der Waals surface area contributed by atoms with Gasteiger partial charge in [-0.15, -0.1) is 0 Å². The second-order valence-corrected chi connectivity index (χ2v) is 7.68. The molecule has 0 unspecified atom stereocenters. The minimum Gasteiger partial charge on any atom is -0.379 e. The topological polar surface area (TPSA) is 73.9 Å². The maximum atomic E-state index is 12.4. The molecular formula is C23H30N4O3. The summed E-state index contributed by atoms with van der Waals surface area (Å²) in [6.07, 6.45) is 0. The molecule has 1 atom stereocenters. The number of amides is 2. The van der Waals surface area contributed by atoms with Crippen LogP contribution >= 0.6 is 0 Å². The summed E-state index contributed by atoms with van der Waals surface area (Å²) in [5.74, 6) is -1.30. The first-order chi connectivity index (χ1) is 14.4. The number of hydrogen-bond donors (Lipinski definition) is 2. The van der Waals surface area contributed by atoms with E-state index in [0.29, 0.717) is 25.4 Å². The lowest BCUT2D eigenvalue weighted by molar-refractivity contribution is -0.136. The summed E-state index contributed by atoms with van der Waals surface area (Å²) in [6.45, 7) is 5.20. The molecule has 1 aliphatic rings. The maximum Gasteiger partial charge on any atom is 0.313 e. The third kappa shape index (κ3) is 5.81. The van der Waals surface area contributed by atoms with Gasteiger partial charge in [-0.2, -0.15) is 0 Å². The lowest BCUT2D eigenvalue weighted by Crippen LogP contribution is -2.45. The zero-order valence-electron chi connectivity index (χ0n) is 17.9. The highest BCUT2D eigenvalue weighted by Crippen LogP contribution is 2.23. The van der Waals surface area contributed by atoms with Crippen LogP contribution in [0, 0.1) is 6.92 Å². The van der Waals surface area contributed by atoms with Gasteiger partial charge in [0, 0.05) is 45.1 Å². The van der Waals surface area contributed by atoms with Crippen molar-refractivity contribution in [3.8, 4) is 0 Å². The van der Waals surface area contributed by atoms with Gasteiger partial charge in [0.25, 0.3) is 0 Å². The number of nitrogens with one attached hydrogen (secondary N) is 2. The van der Waals surface area contributed by atoms with Crippen LogP contribution in [-0.4, -0.2) is 63.7 Å². The summed E-state index contributed by atoms with van der Waals surface area (Å²) in [5.41, 5.74) is 3.90. The van der Waals surface area contributed by atoms with Crippen molar-refractivity contribution in [2.24, 2.45) is 0 Å². The van der Waals surface area contributed by atoms with Gasteiger partial charge in [0.15, 0.2) is 0 Å². The number of carbonyl (C=O) groups excluding carboxylic acids is 2. The van der Waals surface area contributed by atoms with E-state index in [-0.39, 0.29) is 6.04 Å². The Balaban J connectivity index is 1.65. The van der Waals surface area contributed by atoms with Crippen LogP contribution in [0.1, 0.15) is 17.2 Å². The van der Waals surface area contributed by atoms with Crippen molar-refractivity contribution < 1.29 is 14.3 Å². The van der Waals surface area contributed by atoms with Crippen LogP contribution in [-0.2, 0) is 14.3 Å². The molecule has 1 fully saturated rings. The highest BCUT2D eigenvalue weighted by atomic mass is 16.5. The van der Waals surface area contributed by atoms with Crippen LogP contribution in [0.5, 0.6) is 0 Å². The first kappa shape index (κ1) is 21.8. The Bertz CT molecular complexity index is 844. The van der Waals surface area contributed by atoms with E-state index < -0.39 is 11.8 Å². The zero-order valence-corrected chi connectivity index (χ0v) is 17.9. The molecule has 3 rings (SSSR count). The molecule has 2 aromatic rings. The Morgan fingerprint density at radius 2 is 1.63 bits per heavy atom. The minimum absolute atomic E-state index is 0.0266. The third-order valence-electron chi connectivity index (χ3n) is 5.25. The summed E-state index contributed by atoms with van der Waals surface area (Å²) in [7, 11) is 4.00. The van der Waals surface area contributed by atoms with Gasteiger partial charge in [-0.05, 0) is 36.8 Å². The predicted molar refractivity (Wildman–Crippen MR) is 119 cm³/mol. The molecule has 160 valence electrons. The summed E-state index contributed by atoms with van der Waals surface area (Å²) >= 11 is 0. The highest BCUT2D eigenvalue weighted by Gasteiger charge is 2.24. The predicted octanol–water partition coefficient (Wildman–Crippen LogP) is 2.19. The first-order valence-corrected chi connectivity index (χ1v) is 10.2. The number of hydrogen-bond acceptors (Lipinski definition) is 5. The maximum absolute atomic E-state index is 12.4. The van der Waals surface area contributed by atoms with E-state index in [2.05, 4.69) is 39.8 Å². The molecule has 0 spiro atoms. The molecule has 0 aromatic heterocycles. The summed E-state index contributed by atoms with van der Waals surface area (Å²) in [5, 5.41) is 5.45. The van der Waals surface area contributed by atoms with Crippen molar-refractivity contribution in [1.29, 1.82) is 0 Å². The molecule has 2 aromatic carbocycles. The van der Waals surface area contributed by atoms with E-state index in [1.807, 2.05) is 38.1 Å². The van der Waals surface area contributed by atoms with Crippen LogP contribution in [0.3, 0.4) is 0 Å². The number of carbonyl (C=O) groups is 2. The minimum atomic E-state index is -0.664. The molecule has 0 bridgehead atoms. The second-order valence-electron chi connectivity index (χ2n) is 7.68. The zero-order chi connectivity index (χ0) is 21.5. The van der Waals surface area contributed by atoms with E-state index in [0.717, 1.165) is 29.9 Å². The number of morpholine rings is 1. The van der Waals surface area contributed by atoms with Crippen LogP contribution in [0.25, 0.3) is 0 Å². The fraction of sp³-hybridized carbons (Fsp3) is 0.391. The number of benzene rings is 2. The largest absolute Gasteiger partial charge is 0.379 e. The van der Waals surface area contributed by atoms with Crippen molar-refractivity contribution in [1.82, 2.24) is 10.2 Å². The van der Waals surface area contributed by atoms with Crippen LogP contribution in [0.2, 0.25) is 0 Å². The number of anilines is 2. The van der Waals surface area contributed by atoms with Gasteiger partial charge in [-0.1, -0.05) is 29.8 Å². The molecule has 1 heterocycles. The molecule has 1 aliphatic heterocycles. The molecule has 30 heavy (non-hydrogen) atoms. The fourth-order valence-electron chi connectivity index (χ4n) is 3.44. The van der Waals surface area contributed by atoms with Crippen molar-refractivity contribution in [3.63, 3.8) is 0 Å². The number of rotatable bonds is 6. The van der Waals surface area contributed by atoms with Gasteiger partial charge >= 0.3 is 11.8 Å². The number of ether oxygens (including phenoxy) is 1. The van der Waals surface area contributed by atoms with Gasteiger partial charge in [0.1, 0.15) is 0 Å². The quantitative estimate of drug-likeness (QED) is 0.714. The highest BCUT2D eigenvalue weighted by molar-refractivity contribution is 6.39. The van der Waals surface area contributed by atoms with Crippen molar-refractivity contribution >= 4 is 23.2 Å². The Labute approximate surface area is 178 Å². The van der Waals surface area contributed by atoms with E-state index >= 15 is 0 Å². The average Bonchev–Trinajstić information content (AvgIpc) is 2.76. The van der Waals surface area contributed by atoms with Gasteiger partial charge in [0.05, 0.1) is 19.3 Å². The van der Waals surface area contributed by atoms with Gasteiger partial charge in [0.2, 0.25) is 0 Å². The molecule has 7 heteroatoms. The van der Waals surface area contributed by atoms with Crippen LogP contribution < -0.4 is 15.5 Å². The Morgan fingerprint density at radius 3 is 2.23 bits per heavy atom. The second kappa shape index (κ2) is 10.2. The van der Waals surface area contributed by atoms with E-state index in [9.17, 15) is 9.59 Å². The lowest BCUT2D eigenvalue weighted by Gasteiger charge is -2.35. The van der Waals surface area contributed by atoms with E-state index in [1.54, 1.807) is 12.1 Å². The summed E-state index contributed by atoms with van der Waals surface area (Å²) < 4.78 is 5.48. The smallest absolute Gasteiger partial charge is 0.313 e. The lowest BCUT2D eigenvalue weighted by atomic mass is 10.0.